The molecule has 0 spiro atoms. The number of piperidine rings is 1. The maximum absolute atomic E-state index is 12.2. The van der Waals surface area contributed by atoms with Crippen LogP contribution in [-0.2, 0) is 0 Å². The van der Waals surface area contributed by atoms with E-state index in [4.69, 9.17) is 0 Å². The van der Waals surface area contributed by atoms with Gasteiger partial charge >= 0.3 is 5.00 Å². The summed E-state index contributed by atoms with van der Waals surface area (Å²) in [5.74, 6) is 0.303. The lowest BCUT2D eigenvalue weighted by Crippen LogP contribution is -2.43. The molecule has 98 valence electrons. The standard InChI is InChI=1S/C11H13BrN2O3S/c1-7-6-13(5-4-8(7)12)11(15)9-2-3-10(18-9)14(16)17/h2-3,7-8H,4-6H2,1H3. The second-order valence-electron chi connectivity index (χ2n) is 4.43. The van der Waals surface area contributed by atoms with E-state index < -0.39 is 4.92 Å². The number of likely N-dealkylation sites (tertiary alicyclic amines) is 1. The van der Waals surface area contributed by atoms with E-state index in [1.54, 1.807) is 4.90 Å². The van der Waals surface area contributed by atoms with Crippen molar-refractivity contribution in [2.75, 3.05) is 13.1 Å². The van der Waals surface area contributed by atoms with Crippen LogP contribution in [0.5, 0.6) is 0 Å². The summed E-state index contributed by atoms with van der Waals surface area (Å²) in [5, 5.41) is 10.6. The molecule has 2 unspecified atom stereocenters. The Labute approximate surface area is 117 Å². The molecule has 0 radical (unpaired) electrons. The third-order valence-corrected chi connectivity index (χ3v) is 5.46. The highest BCUT2D eigenvalue weighted by Gasteiger charge is 2.28. The summed E-state index contributed by atoms with van der Waals surface area (Å²) in [6.07, 6.45) is 0.917. The lowest BCUT2D eigenvalue weighted by molar-refractivity contribution is -0.380. The highest BCUT2D eigenvalue weighted by Crippen LogP contribution is 2.28. The Bertz CT molecular complexity index is 477. The monoisotopic (exact) mass is 332 g/mol. The molecular formula is C11H13BrN2O3S. The van der Waals surface area contributed by atoms with Crippen LogP contribution in [0.4, 0.5) is 5.00 Å². The van der Waals surface area contributed by atoms with Gasteiger partial charge in [-0.2, -0.15) is 0 Å². The molecule has 0 aromatic carbocycles. The van der Waals surface area contributed by atoms with Crippen molar-refractivity contribution >= 4 is 38.2 Å². The molecule has 1 fully saturated rings. The van der Waals surface area contributed by atoms with Crippen LogP contribution >= 0.6 is 27.3 Å². The van der Waals surface area contributed by atoms with Crippen LogP contribution in [0, 0.1) is 16.0 Å². The summed E-state index contributed by atoms with van der Waals surface area (Å²) in [6, 6.07) is 2.93. The molecule has 0 N–H and O–H groups in total. The summed E-state index contributed by atoms with van der Waals surface area (Å²) < 4.78 is 0. The van der Waals surface area contributed by atoms with Crippen LogP contribution < -0.4 is 0 Å². The van der Waals surface area contributed by atoms with E-state index in [2.05, 4.69) is 22.9 Å². The van der Waals surface area contributed by atoms with Crippen molar-refractivity contribution in [1.29, 1.82) is 0 Å². The molecule has 1 aromatic heterocycles. The number of hydrogen-bond acceptors (Lipinski definition) is 4. The van der Waals surface area contributed by atoms with Crippen molar-refractivity contribution in [3.63, 3.8) is 0 Å². The summed E-state index contributed by atoms with van der Waals surface area (Å²) >= 11 is 4.53. The maximum atomic E-state index is 12.2. The number of rotatable bonds is 2. The average Bonchev–Trinajstić information content (AvgIpc) is 2.81. The maximum Gasteiger partial charge on any atom is 0.324 e. The molecule has 1 amide bonds. The molecule has 0 bridgehead atoms. The van der Waals surface area contributed by atoms with Crippen LogP contribution in [0.2, 0.25) is 0 Å². The first-order chi connectivity index (χ1) is 8.49. The Balaban J connectivity index is 2.09. The van der Waals surface area contributed by atoms with Gasteiger partial charge in [0.15, 0.2) is 0 Å². The smallest absolute Gasteiger partial charge is 0.324 e. The highest BCUT2D eigenvalue weighted by atomic mass is 79.9. The van der Waals surface area contributed by atoms with Gasteiger partial charge in [-0.15, -0.1) is 0 Å². The van der Waals surface area contributed by atoms with Crippen LogP contribution in [0.1, 0.15) is 23.0 Å². The van der Waals surface area contributed by atoms with E-state index in [-0.39, 0.29) is 10.9 Å². The second kappa shape index (κ2) is 5.36. The molecule has 0 aliphatic carbocycles. The molecule has 5 nitrogen and oxygen atoms in total. The number of hydrogen-bond donors (Lipinski definition) is 0. The predicted octanol–water partition coefficient (Wildman–Crippen LogP) is 2.90. The molecule has 1 aliphatic rings. The fourth-order valence-electron chi connectivity index (χ4n) is 2.00. The molecule has 2 atom stereocenters. The Morgan fingerprint density at radius 3 is 2.89 bits per heavy atom. The third-order valence-electron chi connectivity index (χ3n) is 3.07. The number of alkyl halides is 1. The van der Waals surface area contributed by atoms with Crippen molar-refractivity contribution < 1.29 is 9.72 Å². The first kappa shape index (κ1) is 13.5. The lowest BCUT2D eigenvalue weighted by atomic mass is 10.00. The Morgan fingerprint density at radius 1 is 1.61 bits per heavy atom. The third kappa shape index (κ3) is 2.72. The fraction of sp³-hybridized carbons (Fsp3) is 0.545. The molecule has 2 rings (SSSR count). The van der Waals surface area contributed by atoms with E-state index in [9.17, 15) is 14.9 Å². The normalized spacial score (nSPS) is 24.0. The second-order valence-corrected chi connectivity index (χ2v) is 6.67. The van der Waals surface area contributed by atoms with Crippen LogP contribution in [0.25, 0.3) is 0 Å². The van der Waals surface area contributed by atoms with Crippen molar-refractivity contribution in [3.05, 3.63) is 27.1 Å². The van der Waals surface area contributed by atoms with Gasteiger partial charge in [-0.3, -0.25) is 14.9 Å². The van der Waals surface area contributed by atoms with Gasteiger partial charge in [-0.25, -0.2) is 0 Å². The first-order valence-corrected chi connectivity index (χ1v) is 7.40. The minimum absolute atomic E-state index is 0.0155. The molecular weight excluding hydrogens is 320 g/mol. The first-order valence-electron chi connectivity index (χ1n) is 5.66. The summed E-state index contributed by atoms with van der Waals surface area (Å²) in [5.41, 5.74) is 0. The topological polar surface area (TPSA) is 63.5 Å². The van der Waals surface area contributed by atoms with Crippen LogP contribution in [0.15, 0.2) is 12.1 Å². The number of carbonyl (C=O) groups excluding carboxylic acids is 1. The molecule has 0 saturated carbocycles. The minimum Gasteiger partial charge on any atom is -0.338 e. The van der Waals surface area contributed by atoms with Gasteiger partial charge in [0.25, 0.3) is 5.91 Å². The van der Waals surface area contributed by atoms with E-state index in [1.165, 1.54) is 12.1 Å². The Kier molecular flexibility index (Phi) is 4.01. The van der Waals surface area contributed by atoms with Crippen molar-refractivity contribution in [1.82, 2.24) is 4.90 Å². The van der Waals surface area contributed by atoms with E-state index in [1.807, 2.05) is 0 Å². The Hall–Kier alpha value is -0.950. The summed E-state index contributed by atoms with van der Waals surface area (Å²) in [7, 11) is 0. The van der Waals surface area contributed by atoms with Gasteiger partial charge in [0.1, 0.15) is 0 Å². The van der Waals surface area contributed by atoms with E-state index in [0.29, 0.717) is 28.7 Å². The van der Waals surface area contributed by atoms with Crippen LogP contribution in [0.3, 0.4) is 0 Å². The minimum atomic E-state index is -0.464. The van der Waals surface area contributed by atoms with Gasteiger partial charge in [-0.05, 0) is 18.4 Å². The quantitative estimate of drug-likeness (QED) is 0.475. The summed E-state index contributed by atoms with van der Waals surface area (Å²) in [6.45, 7) is 3.49. The number of halogens is 1. The van der Waals surface area contributed by atoms with Gasteiger partial charge < -0.3 is 4.90 Å². The SMILES string of the molecule is CC1CN(C(=O)c2ccc([N+](=O)[O-])s2)CCC1Br. The van der Waals surface area contributed by atoms with Crippen molar-refractivity contribution in [2.24, 2.45) is 5.92 Å². The lowest BCUT2D eigenvalue weighted by Gasteiger charge is -2.34. The zero-order chi connectivity index (χ0) is 13.3. The highest BCUT2D eigenvalue weighted by molar-refractivity contribution is 9.09. The van der Waals surface area contributed by atoms with Crippen LogP contribution in [-0.4, -0.2) is 33.6 Å². The number of amides is 1. The largest absolute Gasteiger partial charge is 0.338 e. The van der Waals surface area contributed by atoms with Gasteiger partial charge in [-0.1, -0.05) is 34.2 Å². The number of thiophene rings is 1. The number of carbonyl (C=O) groups is 1. The molecule has 1 aliphatic heterocycles. The van der Waals surface area contributed by atoms with Gasteiger partial charge in [0, 0.05) is 24.0 Å². The molecule has 1 saturated heterocycles. The van der Waals surface area contributed by atoms with Crippen molar-refractivity contribution in [2.45, 2.75) is 18.2 Å². The van der Waals surface area contributed by atoms with E-state index in [0.717, 1.165) is 17.8 Å². The molecule has 7 heteroatoms. The number of nitro groups is 1. The number of nitrogens with zero attached hydrogens (tertiary/aromatic N) is 2. The molecule has 18 heavy (non-hydrogen) atoms. The van der Waals surface area contributed by atoms with E-state index >= 15 is 0 Å². The van der Waals surface area contributed by atoms with Gasteiger partial charge in [0.05, 0.1) is 9.80 Å². The average molecular weight is 333 g/mol. The molecule has 2 heterocycles. The zero-order valence-corrected chi connectivity index (χ0v) is 12.2. The zero-order valence-electron chi connectivity index (χ0n) is 9.84. The van der Waals surface area contributed by atoms with Gasteiger partial charge in [0.2, 0.25) is 0 Å². The fourth-order valence-corrected chi connectivity index (χ4v) is 3.16. The predicted molar refractivity (Wildman–Crippen MR) is 73.4 cm³/mol. The van der Waals surface area contributed by atoms with Crippen molar-refractivity contribution in [3.8, 4) is 0 Å². The molecule has 1 aromatic rings. The Morgan fingerprint density at radius 2 is 2.33 bits per heavy atom. The summed E-state index contributed by atoms with van der Waals surface area (Å²) in [4.78, 5) is 25.0.